The summed E-state index contributed by atoms with van der Waals surface area (Å²) in [5.74, 6) is -6.13. The van der Waals surface area contributed by atoms with Gasteiger partial charge in [-0.2, -0.15) is 8.78 Å². The van der Waals surface area contributed by atoms with Gasteiger partial charge in [0.15, 0.2) is 0 Å². The Morgan fingerprint density at radius 1 is 1.32 bits per heavy atom. The maximum atomic E-state index is 13.6. The van der Waals surface area contributed by atoms with Gasteiger partial charge in [0.1, 0.15) is 5.60 Å². The van der Waals surface area contributed by atoms with Crippen LogP contribution in [-0.2, 0) is 4.79 Å². The molecule has 1 atom stereocenters. The number of hydrogen-bond donors (Lipinski definition) is 2. The number of carboxylic acids is 1. The van der Waals surface area contributed by atoms with Gasteiger partial charge in [0.25, 0.3) is 0 Å². The van der Waals surface area contributed by atoms with Gasteiger partial charge >= 0.3 is 11.9 Å². The zero-order chi connectivity index (χ0) is 16.4. The Morgan fingerprint density at radius 3 is 2.36 bits per heavy atom. The molecule has 0 radical (unpaired) electrons. The first kappa shape index (κ1) is 16.8. The van der Waals surface area contributed by atoms with E-state index in [1.807, 2.05) is 35.2 Å². The molecule has 1 unspecified atom stereocenters. The molecule has 1 aliphatic rings. The number of piperidine rings is 1. The number of aliphatic carboxylic acids is 1. The molecule has 0 saturated carbocycles. The topological polar surface area (TPSA) is 60.8 Å². The number of rotatable bonds is 5. The van der Waals surface area contributed by atoms with Crippen molar-refractivity contribution in [3.8, 4) is 0 Å². The molecule has 2 rings (SSSR count). The lowest BCUT2D eigenvalue weighted by Crippen LogP contribution is -2.58. The average Bonchev–Trinajstić information content (AvgIpc) is 2.50. The van der Waals surface area contributed by atoms with Crippen molar-refractivity contribution in [3.05, 3.63) is 35.9 Å². The van der Waals surface area contributed by atoms with Gasteiger partial charge < -0.3 is 15.1 Å². The third-order valence-corrected chi connectivity index (χ3v) is 4.44. The van der Waals surface area contributed by atoms with E-state index in [2.05, 4.69) is 6.92 Å². The predicted molar refractivity (Wildman–Crippen MR) is 78.1 cm³/mol. The van der Waals surface area contributed by atoms with Crippen LogP contribution in [0.5, 0.6) is 0 Å². The van der Waals surface area contributed by atoms with Crippen LogP contribution in [0.2, 0.25) is 0 Å². The summed E-state index contributed by atoms with van der Waals surface area (Å²) in [6.07, 6.45) is -0.485. The van der Waals surface area contributed by atoms with E-state index >= 15 is 0 Å². The quantitative estimate of drug-likeness (QED) is 0.876. The van der Waals surface area contributed by atoms with Crippen molar-refractivity contribution < 1.29 is 23.8 Å². The normalized spacial score (nSPS) is 20.5. The molecular formula is C16H21F2NO3. The number of alkyl halides is 2. The summed E-state index contributed by atoms with van der Waals surface area (Å²) in [6, 6.07) is 9.88. The van der Waals surface area contributed by atoms with E-state index < -0.39 is 17.5 Å². The van der Waals surface area contributed by atoms with Crippen LogP contribution >= 0.6 is 0 Å². The number of hydrogen-bond acceptors (Lipinski definition) is 3. The third kappa shape index (κ3) is 3.28. The van der Waals surface area contributed by atoms with Gasteiger partial charge in [0, 0.05) is 19.6 Å². The van der Waals surface area contributed by atoms with E-state index in [9.17, 15) is 18.7 Å². The highest BCUT2D eigenvalue weighted by Crippen LogP contribution is 2.38. The molecule has 122 valence electrons. The highest BCUT2D eigenvalue weighted by Gasteiger charge is 2.59. The van der Waals surface area contributed by atoms with Crippen molar-refractivity contribution in [2.24, 2.45) is 0 Å². The number of halogens is 2. The van der Waals surface area contributed by atoms with Crippen molar-refractivity contribution in [1.29, 1.82) is 0 Å². The molecule has 1 aromatic rings. The van der Waals surface area contributed by atoms with Crippen molar-refractivity contribution in [3.63, 3.8) is 0 Å². The molecule has 6 heteroatoms. The molecule has 0 aromatic heterocycles. The fraction of sp³-hybridized carbons (Fsp3) is 0.562. The molecule has 0 amide bonds. The maximum Gasteiger partial charge on any atom is 0.377 e. The summed E-state index contributed by atoms with van der Waals surface area (Å²) >= 11 is 0. The van der Waals surface area contributed by atoms with Crippen molar-refractivity contribution in [1.82, 2.24) is 4.90 Å². The van der Waals surface area contributed by atoms with Crippen molar-refractivity contribution >= 4 is 5.97 Å². The van der Waals surface area contributed by atoms with E-state index in [1.165, 1.54) is 5.56 Å². The highest BCUT2D eigenvalue weighted by atomic mass is 19.3. The second kappa shape index (κ2) is 6.30. The summed E-state index contributed by atoms with van der Waals surface area (Å²) in [7, 11) is 0. The second-order valence-corrected chi connectivity index (χ2v) is 6.02. The molecule has 1 aromatic carbocycles. The Morgan fingerprint density at radius 2 is 1.86 bits per heavy atom. The number of carboxylic acid groups (broad SMARTS) is 1. The van der Waals surface area contributed by atoms with Gasteiger partial charge in [-0.25, -0.2) is 4.79 Å². The number of benzene rings is 1. The fourth-order valence-corrected chi connectivity index (χ4v) is 2.89. The first-order valence-electron chi connectivity index (χ1n) is 7.37. The largest absolute Gasteiger partial charge is 0.477 e. The Labute approximate surface area is 128 Å². The minimum Gasteiger partial charge on any atom is -0.477 e. The van der Waals surface area contributed by atoms with E-state index in [1.54, 1.807) is 0 Å². The van der Waals surface area contributed by atoms with Crippen LogP contribution in [0, 0.1) is 0 Å². The van der Waals surface area contributed by atoms with Crippen molar-refractivity contribution in [2.45, 2.75) is 37.2 Å². The number of carbonyl (C=O) groups is 1. The van der Waals surface area contributed by atoms with Crippen LogP contribution in [0.25, 0.3) is 0 Å². The lowest BCUT2D eigenvalue weighted by Gasteiger charge is -2.41. The van der Waals surface area contributed by atoms with Crippen LogP contribution in [0.15, 0.2) is 30.3 Å². The van der Waals surface area contributed by atoms with Crippen LogP contribution in [0.1, 0.15) is 31.2 Å². The predicted octanol–water partition coefficient (Wildman–Crippen LogP) is 2.34. The standard InChI is InChI=1S/C16H21F2NO3/c1-12(13-5-3-2-4-6-13)11-19-9-7-15(22,8-10-19)16(17,18)14(20)21/h2-6,12,22H,7-11H2,1H3,(H,20,21). The number of aliphatic hydroxyl groups is 1. The molecule has 1 heterocycles. The monoisotopic (exact) mass is 313 g/mol. The van der Waals surface area contributed by atoms with Gasteiger partial charge in [0.2, 0.25) is 0 Å². The fourth-order valence-electron chi connectivity index (χ4n) is 2.89. The molecule has 2 N–H and O–H groups in total. The Balaban J connectivity index is 1.94. The van der Waals surface area contributed by atoms with Crippen LogP contribution in [0.4, 0.5) is 8.78 Å². The molecule has 22 heavy (non-hydrogen) atoms. The molecule has 1 saturated heterocycles. The summed E-state index contributed by atoms with van der Waals surface area (Å²) in [6.45, 7) is 3.27. The zero-order valence-electron chi connectivity index (χ0n) is 12.5. The van der Waals surface area contributed by atoms with Crippen LogP contribution < -0.4 is 0 Å². The van der Waals surface area contributed by atoms with E-state index in [-0.39, 0.29) is 31.8 Å². The summed E-state index contributed by atoms with van der Waals surface area (Å²) in [5, 5.41) is 18.6. The van der Waals surface area contributed by atoms with E-state index in [0.29, 0.717) is 6.54 Å². The Kier molecular flexibility index (Phi) is 4.82. The summed E-state index contributed by atoms with van der Waals surface area (Å²) in [5.41, 5.74) is -1.29. The highest BCUT2D eigenvalue weighted by molar-refractivity contribution is 5.77. The lowest BCUT2D eigenvalue weighted by molar-refractivity contribution is -0.218. The van der Waals surface area contributed by atoms with Gasteiger partial charge in [-0.1, -0.05) is 37.3 Å². The van der Waals surface area contributed by atoms with Crippen LogP contribution in [-0.4, -0.2) is 52.2 Å². The van der Waals surface area contributed by atoms with E-state index in [0.717, 1.165) is 0 Å². The SMILES string of the molecule is CC(CN1CCC(O)(C(F)(F)C(=O)O)CC1)c1ccccc1. The number of likely N-dealkylation sites (tertiary alicyclic amines) is 1. The summed E-state index contributed by atoms with van der Waals surface area (Å²) in [4.78, 5) is 12.6. The minimum atomic E-state index is -4.11. The Bertz CT molecular complexity index is 513. The first-order chi connectivity index (χ1) is 10.3. The smallest absolute Gasteiger partial charge is 0.377 e. The van der Waals surface area contributed by atoms with Crippen molar-refractivity contribution in [2.75, 3.05) is 19.6 Å². The molecule has 1 fully saturated rings. The summed E-state index contributed by atoms with van der Waals surface area (Å²) < 4.78 is 27.2. The van der Waals surface area contributed by atoms with Gasteiger partial charge in [-0.3, -0.25) is 0 Å². The molecule has 0 aliphatic carbocycles. The third-order valence-electron chi connectivity index (χ3n) is 4.44. The van der Waals surface area contributed by atoms with E-state index in [4.69, 9.17) is 5.11 Å². The lowest BCUT2D eigenvalue weighted by atomic mass is 9.84. The van der Waals surface area contributed by atoms with Gasteiger partial charge in [0.05, 0.1) is 0 Å². The molecular weight excluding hydrogens is 292 g/mol. The van der Waals surface area contributed by atoms with Gasteiger partial charge in [-0.05, 0) is 24.3 Å². The Hall–Kier alpha value is -1.53. The second-order valence-electron chi connectivity index (χ2n) is 6.02. The number of nitrogens with zero attached hydrogens (tertiary/aromatic N) is 1. The van der Waals surface area contributed by atoms with Crippen LogP contribution in [0.3, 0.4) is 0 Å². The molecule has 0 bridgehead atoms. The maximum absolute atomic E-state index is 13.6. The molecule has 4 nitrogen and oxygen atoms in total. The molecule has 1 aliphatic heterocycles. The van der Waals surface area contributed by atoms with Gasteiger partial charge in [-0.15, -0.1) is 0 Å². The zero-order valence-corrected chi connectivity index (χ0v) is 12.5. The minimum absolute atomic E-state index is 0.242. The molecule has 0 spiro atoms. The first-order valence-corrected chi connectivity index (χ1v) is 7.37. The average molecular weight is 313 g/mol.